The predicted molar refractivity (Wildman–Crippen MR) is 99.4 cm³/mol. The highest BCUT2D eigenvalue weighted by Gasteiger charge is 2.22. The number of hydrogen-bond acceptors (Lipinski definition) is 3. The fraction of sp³-hybridized carbons (Fsp3) is 0.133. The zero-order valence-corrected chi connectivity index (χ0v) is 16.1. The van der Waals surface area contributed by atoms with Gasteiger partial charge in [-0.3, -0.25) is 4.79 Å². The molecular weight excluding hydrogens is 451 g/mol. The van der Waals surface area contributed by atoms with Crippen LogP contribution in [-0.2, 0) is 10.0 Å². The molecule has 1 amide bonds. The fourth-order valence-corrected chi connectivity index (χ4v) is 3.75. The number of rotatable bonds is 4. The Morgan fingerprint density at radius 3 is 2.48 bits per heavy atom. The summed E-state index contributed by atoms with van der Waals surface area (Å²) in [5.41, 5.74) is 0.850. The molecule has 0 fully saturated rings. The minimum atomic E-state index is -3.72. The molecule has 8 heteroatoms. The van der Waals surface area contributed by atoms with E-state index in [9.17, 15) is 13.2 Å². The maximum Gasteiger partial charge on any atom is 0.255 e. The first-order valence-corrected chi connectivity index (χ1v) is 9.40. The monoisotopic (exact) mass is 464 g/mol. The van der Waals surface area contributed by atoms with Crippen LogP contribution >= 0.6 is 34.2 Å². The van der Waals surface area contributed by atoms with Crippen molar-refractivity contribution in [3.05, 3.63) is 56.6 Å². The number of sulfonamides is 1. The largest absolute Gasteiger partial charge is 0.322 e. The van der Waals surface area contributed by atoms with Gasteiger partial charge in [0.15, 0.2) is 0 Å². The van der Waals surface area contributed by atoms with Crippen LogP contribution in [0.15, 0.2) is 47.4 Å². The van der Waals surface area contributed by atoms with Gasteiger partial charge in [0.05, 0.1) is 5.02 Å². The Balaban J connectivity index is 2.36. The molecule has 0 saturated carbocycles. The number of halogens is 2. The molecule has 2 aromatic rings. The van der Waals surface area contributed by atoms with Crippen molar-refractivity contribution >= 4 is 55.8 Å². The lowest BCUT2D eigenvalue weighted by Crippen LogP contribution is -2.23. The lowest BCUT2D eigenvalue weighted by atomic mass is 10.2. The molecule has 0 aromatic heterocycles. The second kappa shape index (κ2) is 7.16. The Morgan fingerprint density at radius 2 is 1.87 bits per heavy atom. The van der Waals surface area contributed by atoms with Crippen molar-refractivity contribution < 1.29 is 13.2 Å². The number of benzene rings is 2. The van der Waals surface area contributed by atoms with Gasteiger partial charge in [-0.2, -0.15) is 0 Å². The van der Waals surface area contributed by atoms with Crippen molar-refractivity contribution in [1.82, 2.24) is 4.31 Å². The molecule has 23 heavy (non-hydrogen) atoms. The minimum Gasteiger partial charge on any atom is -0.322 e. The molecule has 0 spiro atoms. The van der Waals surface area contributed by atoms with E-state index in [2.05, 4.69) is 27.9 Å². The molecule has 0 saturated heterocycles. The molecule has 2 rings (SSSR count). The van der Waals surface area contributed by atoms with E-state index >= 15 is 0 Å². The zero-order valence-electron chi connectivity index (χ0n) is 12.4. The molecule has 0 aliphatic carbocycles. The van der Waals surface area contributed by atoms with Gasteiger partial charge in [0, 0.05) is 28.9 Å². The summed E-state index contributed by atoms with van der Waals surface area (Å²) in [5.74, 6) is -0.404. The normalized spacial score (nSPS) is 11.5. The molecular formula is C15H14ClIN2O3S. The number of anilines is 1. The van der Waals surface area contributed by atoms with Gasteiger partial charge in [0.25, 0.3) is 5.91 Å². The van der Waals surface area contributed by atoms with E-state index in [1.54, 1.807) is 6.07 Å². The molecule has 122 valence electrons. The highest BCUT2D eigenvalue weighted by molar-refractivity contribution is 14.1. The van der Waals surface area contributed by atoms with Crippen molar-refractivity contribution in [2.45, 2.75) is 4.90 Å². The molecule has 1 N–H and O–H groups in total. The molecule has 2 aromatic carbocycles. The summed E-state index contributed by atoms with van der Waals surface area (Å²) in [6.45, 7) is 0. The van der Waals surface area contributed by atoms with Crippen LogP contribution in [0.2, 0.25) is 5.02 Å². The van der Waals surface area contributed by atoms with E-state index in [4.69, 9.17) is 11.6 Å². The third-order valence-electron chi connectivity index (χ3n) is 3.03. The molecule has 5 nitrogen and oxygen atoms in total. The molecule has 0 unspecified atom stereocenters. The number of nitrogens with one attached hydrogen (secondary N) is 1. The Kier molecular flexibility index (Phi) is 5.66. The summed E-state index contributed by atoms with van der Waals surface area (Å²) < 4.78 is 26.5. The summed E-state index contributed by atoms with van der Waals surface area (Å²) in [5, 5.41) is 2.80. The number of carbonyl (C=O) groups is 1. The second-order valence-corrected chi connectivity index (χ2v) is 8.67. The van der Waals surface area contributed by atoms with Gasteiger partial charge in [-0.25, -0.2) is 12.7 Å². The predicted octanol–water partition coefficient (Wildman–Crippen LogP) is 3.45. The van der Waals surface area contributed by atoms with Crippen molar-refractivity contribution in [2.24, 2.45) is 0 Å². The minimum absolute atomic E-state index is 0.0736. The average molecular weight is 465 g/mol. The Hall–Kier alpha value is -1.16. The lowest BCUT2D eigenvalue weighted by molar-refractivity contribution is 0.102. The maximum atomic E-state index is 12.3. The van der Waals surface area contributed by atoms with Crippen molar-refractivity contribution in [3.8, 4) is 0 Å². The fourth-order valence-electron chi connectivity index (χ4n) is 1.81. The van der Waals surface area contributed by atoms with Gasteiger partial charge >= 0.3 is 0 Å². The van der Waals surface area contributed by atoms with E-state index in [-0.39, 0.29) is 15.5 Å². The van der Waals surface area contributed by atoms with E-state index in [0.717, 1.165) is 7.88 Å². The summed E-state index contributed by atoms with van der Waals surface area (Å²) >= 11 is 8.11. The molecule has 0 atom stereocenters. The first-order chi connectivity index (χ1) is 10.7. The van der Waals surface area contributed by atoms with Crippen LogP contribution in [0.5, 0.6) is 0 Å². The smallest absolute Gasteiger partial charge is 0.255 e. The number of nitrogens with zero attached hydrogens (tertiary/aromatic N) is 1. The molecule has 0 heterocycles. The maximum absolute atomic E-state index is 12.3. The average Bonchev–Trinajstić information content (AvgIpc) is 2.47. The third-order valence-corrected chi connectivity index (χ3v) is 6.00. The van der Waals surface area contributed by atoms with Gasteiger partial charge in [-0.05, 0) is 59.0 Å². The number of amides is 1. The van der Waals surface area contributed by atoms with Crippen molar-refractivity contribution in [1.29, 1.82) is 0 Å². The standard InChI is InChI=1S/C15H14ClIN2O3S/c1-19(2)23(21,22)14-8-10(6-7-13(14)16)15(20)18-12-5-3-4-11(17)9-12/h3-9H,1-2H3,(H,18,20). The highest BCUT2D eigenvalue weighted by Crippen LogP contribution is 2.25. The summed E-state index contributed by atoms with van der Waals surface area (Å²) in [6.07, 6.45) is 0. The third kappa shape index (κ3) is 4.23. The van der Waals surface area contributed by atoms with Crippen LogP contribution < -0.4 is 5.32 Å². The van der Waals surface area contributed by atoms with Gasteiger partial charge in [-0.1, -0.05) is 17.7 Å². The SMILES string of the molecule is CN(C)S(=O)(=O)c1cc(C(=O)Nc2cccc(I)c2)ccc1Cl. The number of hydrogen-bond donors (Lipinski definition) is 1. The summed E-state index contributed by atoms with van der Waals surface area (Å²) in [7, 11) is -0.909. The van der Waals surface area contributed by atoms with Gasteiger partial charge in [-0.15, -0.1) is 0 Å². The molecule has 0 aliphatic rings. The Morgan fingerprint density at radius 1 is 1.17 bits per heavy atom. The molecule has 0 bridgehead atoms. The van der Waals surface area contributed by atoms with Gasteiger partial charge in [0.2, 0.25) is 10.0 Å². The lowest BCUT2D eigenvalue weighted by Gasteiger charge is -2.14. The summed E-state index contributed by atoms with van der Waals surface area (Å²) in [6, 6.07) is 11.5. The second-order valence-electron chi connectivity index (χ2n) is 4.90. The van der Waals surface area contributed by atoms with E-state index in [1.807, 2.05) is 18.2 Å². The Bertz CT molecular complexity index is 854. The highest BCUT2D eigenvalue weighted by atomic mass is 127. The van der Waals surface area contributed by atoms with Crippen LogP contribution in [0.3, 0.4) is 0 Å². The van der Waals surface area contributed by atoms with E-state index in [0.29, 0.717) is 5.69 Å². The summed E-state index contributed by atoms with van der Waals surface area (Å²) in [4.78, 5) is 12.2. The van der Waals surface area contributed by atoms with Crippen molar-refractivity contribution in [2.75, 3.05) is 19.4 Å². The molecule has 0 radical (unpaired) electrons. The van der Waals surface area contributed by atoms with Crippen LogP contribution in [0.1, 0.15) is 10.4 Å². The van der Waals surface area contributed by atoms with Crippen LogP contribution in [0, 0.1) is 3.57 Å². The van der Waals surface area contributed by atoms with Gasteiger partial charge < -0.3 is 5.32 Å². The number of carbonyl (C=O) groups excluding carboxylic acids is 1. The van der Waals surface area contributed by atoms with Crippen molar-refractivity contribution in [3.63, 3.8) is 0 Å². The Labute approximate surface area is 153 Å². The van der Waals surface area contributed by atoms with Gasteiger partial charge in [0.1, 0.15) is 4.90 Å². The molecule has 0 aliphatic heterocycles. The topological polar surface area (TPSA) is 66.5 Å². The quantitative estimate of drug-likeness (QED) is 0.705. The van der Waals surface area contributed by atoms with Crippen LogP contribution in [0.4, 0.5) is 5.69 Å². The van der Waals surface area contributed by atoms with Crippen LogP contribution in [0.25, 0.3) is 0 Å². The first-order valence-electron chi connectivity index (χ1n) is 6.51. The zero-order chi connectivity index (χ0) is 17.2. The van der Waals surface area contributed by atoms with E-state index < -0.39 is 15.9 Å². The van der Waals surface area contributed by atoms with Crippen LogP contribution in [-0.4, -0.2) is 32.7 Å². The van der Waals surface area contributed by atoms with E-state index in [1.165, 1.54) is 32.3 Å². The first kappa shape index (κ1) is 18.2.